The number of hydrogen-bond donors (Lipinski definition) is 3. The van der Waals surface area contributed by atoms with E-state index in [2.05, 4.69) is 10.3 Å². The van der Waals surface area contributed by atoms with Gasteiger partial charge in [-0.15, -0.1) is 0 Å². The summed E-state index contributed by atoms with van der Waals surface area (Å²) in [5.41, 5.74) is 6.74. The number of allylic oxidation sites excluding steroid dienone is 2. The van der Waals surface area contributed by atoms with E-state index in [1.165, 1.54) is 22.3 Å². The van der Waals surface area contributed by atoms with Gasteiger partial charge in [-0.2, -0.15) is 0 Å². The summed E-state index contributed by atoms with van der Waals surface area (Å²) in [5, 5.41) is 12.5. The number of ether oxygens (including phenoxy) is 1. The normalized spacial score (nSPS) is 22.1. The molecule has 2 aromatic carbocycles. The molecule has 2 amide bonds. The summed E-state index contributed by atoms with van der Waals surface area (Å²) in [6.07, 6.45) is 7.83. The van der Waals surface area contributed by atoms with Crippen LogP contribution in [0.2, 0.25) is 0 Å². The maximum absolute atomic E-state index is 14.0. The van der Waals surface area contributed by atoms with E-state index in [1.807, 2.05) is 36.4 Å². The fraction of sp³-hybridized carbons (Fsp3) is 0.419. The number of nitrogens with one attached hydrogen (secondary N) is 1. The van der Waals surface area contributed by atoms with Gasteiger partial charge in [-0.05, 0) is 55.9 Å². The largest absolute Gasteiger partial charge is 0.481 e. The van der Waals surface area contributed by atoms with E-state index < -0.39 is 41.7 Å². The zero-order valence-electron chi connectivity index (χ0n) is 23.5. The molecular formula is C31H34F2N4O5S. The molecule has 9 nitrogen and oxygen atoms in total. The number of likely N-dealkylation sites (tertiary alicyclic amines) is 1. The van der Waals surface area contributed by atoms with E-state index >= 15 is 0 Å². The average Bonchev–Trinajstić information content (AvgIpc) is 3.45. The highest BCUT2D eigenvalue weighted by Gasteiger charge is 2.42. The molecule has 1 saturated carbocycles. The fourth-order valence-electron chi connectivity index (χ4n) is 5.45. The number of primary amides is 1. The highest BCUT2D eigenvalue weighted by atomic mass is 32.1. The standard InChI is InChI=1S/C31H34F2N4O5S/c32-22-13-12-19(15-23(22)33)35-25(10-5-3-1-2-4-8-18-14-21(18)30(40)41)29(39)37-17-20(16-26(37)28(34)38)42-31-36-24-9-6-7-11-27(24)43-31/h4,6-9,11-13,15,18,20-21,25-26,35H,1-3,5,10,14,16-17H2,(H2,34,38)(H,40,41)/b8-4-/t18-,20-,21+,25+,26+/m1/s1. The molecule has 2 heterocycles. The van der Waals surface area contributed by atoms with Crippen LogP contribution < -0.4 is 15.8 Å². The molecule has 0 unspecified atom stereocenters. The van der Waals surface area contributed by atoms with Crippen LogP contribution in [0.4, 0.5) is 14.5 Å². The number of aromatic nitrogens is 1. The van der Waals surface area contributed by atoms with Crippen LogP contribution in [-0.2, 0) is 14.4 Å². The van der Waals surface area contributed by atoms with Crippen molar-refractivity contribution < 1.29 is 33.0 Å². The first kappa shape index (κ1) is 30.4. The number of anilines is 1. The predicted molar refractivity (Wildman–Crippen MR) is 159 cm³/mol. The van der Waals surface area contributed by atoms with E-state index in [1.54, 1.807) is 0 Å². The van der Waals surface area contributed by atoms with Crippen LogP contribution >= 0.6 is 11.3 Å². The molecule has 43 heavy (non-hydrogen) atoms. The van der Waals surface area contributed by atoms with Gasteiger partial charge in [0.25, 0.3) is 5.19 Å². The summed E-state index contributed by atoms with van der Waals surface area (Å²) < 4.78 is 34.5. The third-order valence-corrected chi connectivity index (χ3v) is 8.81. The molecule has 3 aromatic rings. The number of amides is 2. The highest BCUT2D eigenvalue weighted by Crippen LogP contribution is 2.39. The first-order valence-corrected chi connectivity index (χ1v) is 15.2. The molecule has 12 heteroatoms. The highest BCUT2D eigenvalue weighted by molar-refractivity contribution is 7.20. The Morgan fingerprint density at radius 2 is 1.95 bits per heavy atom. The summed E-state index contributed by atoms with van der Waals surface area (Å²) in [4.78, 5) is 43.1. The lowest BCUT2D eigenvalue weighted by Crippen LogP contribution is -2.49. The number of carboxylic acids is 1. The minimum atomic E-state index is -1.04. The average molecular weight is 613 g/mol. The number of hydrogen-bond acceptors (Lipinski definition) is 7. The van der Waals surface area contributed by atoms with Crippen molar-refractivity contribution in [2.75, 3.05) is 11.9 Å². The van der Waals surface area contributed by atoms with E-state index in [0.29, 0.717) is 24.5 Å². The van der Waals surface area contributed by atoms with Gasteiger partial charge in [-0.25, -0.2) is 13.8 Å². The molecule has 228 valence electrons. The third kappa shape index (κ3) is 7.67. The van der Waals surface area contributed by atoms with Gasteiger partial charge in [0.05, 0.1) is 22.7 Å². The van der Waals surface area contributed by atoms with Crippen molar-refractivity contribution in [2.45, 2.75) is 63.1 Å². The molecule has 1 aliphatic heterocycles. The van der Waals surface area contributed by atoms with Crippen molar-refractivity contribution in [1.82, 2.24) is 9.88 Å². The molecule has 5 atom stereocenters. The summed E-state index contributed by atoms with van der Waals surface area (Å²) in [7, 11) is 0. The summed E-state index contributed by atoms with van der Waals surface area (Å²) >= 11 is 1.38. The van der Waals surface area contributed by atoms with E-state index in [0.717, 1.165) is 41.6 Å². The Morgan fingerprint density at radius 3 is 2.67 bits per heavy atom. The Morgan fingerprint density at radius 1 is 1.14 bits per heavy atom. The van der Waals surface area contributed by atoms with Crippen LogP contribution in [-0.4, -0.2) is 57.5 Å². The van der Waals surface area contributed by atoms with Gasteiger partial charge in [0.1, 0.15) is 18.2 Å². The molecule has 0 bridgehead atoms. The SMILES string of the molecule is NC(=O)[C@@H]1C[C@@H](Oc2nc3ccccc3s2)CN1C(=O)[C@H](CCCCC/C=C\[C@@H]1C[C@@H]1C(=O)O)Nc1ccc(F)c(F)c1. The molecule has 2 aliphatic rings. The number of unbranched alkanes of at least 4 members (excludes halogenated alkanes) is 3. The van der Waals surface area contributed by atoms with Gasteiger partial charge in [0.2, 0.25) is 11.8 Å². The van der Waals surface area contributed by atoms with Crippen LogP contribution in [0.25, 0.3) is 10.2 Å². The summed E-state index contributed by atoms with van der Waals surface area (Å²) in [6, 6.07) is 9.25. The number of halogens is 2. The van der Waals surface area contributed by atoms with Crippen LogP contribution in [0, 0.1) is 23.5 Å². The van der Waals surface area contributed by atoms with Crippen LogP contribution in [0.15, 0.2) is 54.6 Å². The maximum atomic E-state index is 14.0. The number of fused-ring (bicyclic) bond motifs is 1. The summed E-state index contributed by atoms with van der Waals surface area (Å²) in [6.45, 7) is 0.127. The molecule has 5 rings (SSSR count). The lowest BCUT2D eigenvalue weighted by Gasteiger charge is -2.28. The first-order chi connectivity index (χ1) is 20.7. The van der Waals surface area contributed by atoms with E-state index in [9.17, 15) is 23.2 Å². The Balaban J connectivity index is 1.22. The minimum Gasteiger partial charge on any atom is -0.481 e. The molecule has 1 aliphatic carbocycles. The quantitative estimate of drug-likeness (QED) is 0.170. The molecule has 2 fully saturated rings. The molecule has 1 aromatic heterocycles. The molecule has 0 spiro atoms. The molecule has 1 saturated heterocycles. The van der Waals surface area contributed by atoms with Crippen molar-refractivity contribution in [2.24, 2.45) is 17.6 Å². The van der Waals surface area contributed by atoms with Crippen LogP contribution in [0.1, 0.15) is 44.9 Å². The Bertz CT molecular complexity index is 1480. The van der Waals surface area contributed by atoms with Gasteiger partial charge in [-0.1, -0.05) is 48.5 Å². The van der Waals surface area contributed by atoms with Gasteiger partial charge >= 0.3 is 5.97 Å². The van der Waals surface area contributed by atoms with Gasteiger partial charge < -0.3 is 25.8 Å². The van der Waals surface area contributed by atoms with Gasteiger partial charge in [0.15, 0.2) is 11.6 Å². The minimum absolute atomic E-state index is 0.112. The van der Waals surface area contributed by atoms with Gasteiger partial charge in [-0.3, -0.25) is 14.4 Å². The van der Waals surface area contributed by atoms with Crippen molar-refractivity contribution >= 4 is 45.0 Å². The number of benzene rings is 2. The monoisotopic (exact) mass is 612 g/mol. The zero-order valence-corrected chi connectivity index (χ0v) is 24.3. The maximum Gasteiger partial charge on any atom is 0.307 e. The number of nitrogens with two attached hydrogens (primary N) is 1. The molecule has 4 N–H and O–H groups in total. The van der Waals surface area contributed by atoms with Crippen molar-refractivity contribution in [3.63, 3.8) is 0 Å². The molecular weight excluding hydrogens is 578 g/mol. The third-order valence-electron chi connectivity index (χ3n) is 7.88. The topological polar surface area (TPSA) is 135 Å². The number of carboxylic acid groups (broad SMARTS) is 1. The zero-order chi connectivity index (χ0) is 30.5. The Kier molecular flexibility index (Phi) is 9.54. The Labute approximate surface area is 251 Å². The van der Waals surface area contributed by atoms with Crippen LogP contribution in [0.5, 0.6) is 5.19 Å². The number of aliphatic carboxylic acids is 1. The second-order valence-electron chi connectivity index (χ2n) is 11.1. The Hall–Kier alpha value is -4.06. The lowest BCUT2D eigenvalue weighted by atomic mass is 10.0. The number of rotatable bonds is 14. The van der Waals surface area contributed by atoms with E-state index in [-0.39, 0.29) is 36.4 Å². The second-order valence-corrected chi connectivity index (χ2v) is 12.1. The predicted octanol–water partition coefficient (Wildman–Crippen LogP) is 5.12. The number of carbonyl (C=O) groups excluding carboxylic acids is 2. The fourth-order valence-corrected chi connectivity index (χ4v) is 6.34. The van der Waals surface area contributed by atoms with Crippen molar-refractivity contribution in [3.8, 4) is 5.19 Å². The lowest BCUT2D eigenvalue weighted by molar-refractivity contribution is -0.138. The smallest absolute Gasteiger partial charge is 0.307 e. The first-order valence-electron chi connectivity index (χ1n) is 14.4. The van der Waals surface area contributed by atoms with Gasteiger partial charge in [0, 0.05) is 18.2 Å². The van der Waals surface area contributed by atoms with E-state index in [4.69, 9.17) is 15.6 Å². The van der Waals surface area contributed by atoms with Crippen molar-refractivity contribution in [3.05, 3.63) is 66.3 Å². The van der Waals surface area contributed by atoms with Crippen molar-refractivity contribution in [1.29, 1.82) is 0 Å². The number of para-hydroxylation sites is 1. The number of nitrogens with zero attached hydrogens (tertiary/aromatic N) is 2. The summed E-state index contributed by atoms with van der Waals surface area (Å²) in [5.74, 6) is -3.98. The molecule has 0 radical (unpaired) electrons. The second kappa shape index (κ2) is 13.5. The number of thiazole rings is 1. The van der Waals surface area contributed by atoms with Crippen LogP contribution in [0.3, 0.4) is 0 Å². The number of carbonyl (C=O) groups is 3.